The molecule has 2 aromatic carbocycles. The van der Waals surface area contributed by atoms with Crippen molar-refractivity contribution in [2.45, 2.75) is 39.0 Å². The van der Waals surface area contributed by atoms with Gasteiger partial charge in [-0.1, -0.05) is 30.7 Å². The summed E-state index contributed by atoms with van der Waals surface area (Å²) in [6.45, 7) is 2.55. The molecule has 0 saturated carbocycles. The van der Waals surface area contributed by atoms with E-state index in [1.165, 1.54) is 24.3 Å². The molecule has 0 spiro atoms. The van der Waals surface area contributed by atoms with E-state index in [0.717, 1.165) is 23.3 Å². The van der Waals surface area contributed by atoms with Gasteiger partial charge in [0.2, 0.25) is 21.8 Å². The van der Waals surface area contributed by atoms with Crippen molar-refractivity contribution in [2.24, 2.45) is 0 Å². The number of halogens is 5. The smallest absolute Gasteiger partial charge is 0.355 e. The third-order valence-corrected chi connectivity index (χ3v) is 6.70. The Morgan fingerprint density at radius 2 is 1.69 bits per heavy atom. The standard InChI is InChI=1S/C23H26ClF4N3O4S/c1-4-20(22(33)29-5-2)30(13-15-6-8-16(25)9-7-15)21(32)14-31(36(3,34)35)17-10-11-19(24)18(12-17)23(26,27)28/h6-12,20H,4-5,13-14H2,1-3H3,(H,29,33). The van der Waals surface area contributed by atoms with Gasteiger partial charge in [0, 0.05) is 13.1 Å². The van der Waals surface area contributed by atoms with Gasteiger partial charge in [0.15, 0.2) is 0 Å². The fraction of sp³-hybridized carbons (Fsp3) is 0.391. The van der Waals surface area contributed by atoms with Crippen LogP contribution in [0.4, 0.5) is 23.2 Å². The second kappa shape index (κ2) is 11.9. The maximum atomic E-state index is 13.4. The lowest BCUT2D eigenvalue weighted by Crippen LogP contribution is -2.52. The molecule has 2 rings (SSSR count). The number of nitrogens with one attached hydrogen (secondary N) is 1. The quantitative estimate of drug-likeness (QED) is 0.448. The maximum Gasteiger partial charge on any atom is 0.417 e. The number of likely N-dealkylation sites (N-methyl/N-ethyl adjacent to an activating group) is 1. The van der Waals surface area contributed by atoms with E-state index in [9.17, 15) is 35.6 Å². The molecule has 2 aromatic rings. The molecule has 0 aliphatic rings. The summed E-state index contributed by atoms with van der Waals surface area (Å²) in [6.07, 6.45) is -3.95. The highest BCUT2D eigenvalue weighted by Gasteiger charge is 2.36. The van der Waals surface area contributed by atoms with Crippen molar-refractivity contribution in [3.05, 3.63) is 64.4 Å². The maximum absolute atomic E-state index is 13.4. The number of amides is 2. The van der Waals surface area contributed by atoms with Crippen LogP contribution < -0.4 is 9.62 Å². The lowest BCUT2D eigenvalue weighted by molar-refractivity contribution is -0.140. The molecule has 0 aromatic heterocycles. The monoisotopic (exact) mass is 551 g/mol. The highest BCUT2D eigenvalue weighted by Crippen LogP contribution is 2.37. The summed E-state index contributed by atoms with van der Waals surface area (Å²) in [7, 11) is -4.24. The van der Waals surface area contributed by atoms with Crippen LogP contribution in [-0.2, 0) is 32.3 Å². The van der Waals surface area contributed by atoms with Crippen molar-refractivity contribution >= 4 is 39.1 Å². The Labute approximate surface area is 212 Å². The van der Waals surface area contributed by atoms with Crippen LogP contribution in [0, 0.1) is 5.82 Å². The Hall–Kier alpha value is -2.86. The summed E-state index contributed by atoms with van der Waals surface area (Å²) in [4.78, 5) is 27.2. The van der Waals surface area contributed by atoms with Crippen molar-refractivity contribution in [3.8, 4) is 0 Å². The van der Waals surface area contributed by atoms with Crippen LogP contribution in [0.5, 0.6) is 0 Å². The zero-order chi connectivity index (χ0) is 27.3. The van der Waals surface area contributed by atoms with Gasteiger partial charge in [-0.3, -0.25) is 13.9 Å². The molecule has 0 heterocycles. The number of carbonyl (C=O) groups excluding carboxylic acids is 2. The summed E-state index contributed by atoms with van der Waals surface area (Å²) in [5, 5.41) is 1.97. The molecule has 1 atom stereocenters. The first-order valence-corrected chi connectivity index (χ1v) is 13.1. The van der Waals surface area contributed by atoms with Gasteiger partial charge in [0.1, 0.15) is 18.4 Å². The third kappa shape index (κ3) is 7.57. The van der Waals surface area contributed by atoms with Gasteiger partial charge in [0.25, 0.3) is 0 Å². The van der Waals surface area contributed by atoms with Crippen LogP contribution in [-0.4, -0.2) is 50.5 Å². The van der Waals surface area contributed by atoms with E-state index in [1.54, 1.807) is 13.8 Å². The summed E-state index contributed by atoms with van der Waals surface area (Å²) in [5.41, 5.74) is -1.22. The largest absolute Gasteiger partial charge is 0.417 e. The summed E-state index contributed by atoms with van der Waals surface area (Å²) in [5.74, 6) is -1.85. The van der Waals surface area contributed by atoms with E-state index in [1.807, 2.05) is 0 Å². The highest BCUT2D eigenvalue weighted by molar-refractivity contribution is 7.92. The molecule has 36 heavy (non-hydrogen) atoms. The van der Waals surface area contributed by atoms with Gasteiger partial charge in [-0.25, -0.2) is 12.8 Å². The van der Waals surface area contributed by atoms with Gasteiger partial charge < -0.3 is 10.2 Å². The van der Waals surface area contributed by atoms with Gasteiger partial charge in [-0.05, 0) is 49.2 Å². The SMILES string of the molecule is CCNC(=O)C(CC)N(Cc1ccc(F)cc1)C(=O)CN(c1ccc(Cl)c(C(F)(F)F)c1)S(C)(=O)=O. The summed E-state index contributed by atoms with van der Waals surface area (Å²) in [6, 6.07) is 6.62. The van der Waals surface area contributed by atoms with E-state index in [0.29, 0.717) is 15.9 Å². The van der Waals surface area contributed by atoms with Gasteiger partial charge in [-0.2, -0.15) is 13.2 Å². The van der Waals surface area contributed by atoms with Gasteiger partial charge in [-0.15, -0.1) is 0 Å². The Bertz CT molecular complexity index is 1190. The van der Waals surface area contributed by atoms with Crippen LogP contribution in [0.1, 0.15) is 31.4 Å². The van der Waals surface area contributed by atoms with E-state index in [-0.39, 0.29) is 19.5 Å². The van der Waals surface area contributed by atoms with Crippen molar-refractivity contribution in [3.63, 3.8) is 0 Å². The Morgan fingerprint density at radius 1 is 1.08 bits per heavy atom. The first-order chi connectivity index (χ1) is 16.7. The second-order valence-electron chi connectivity index (χ2n) is 7.90. The lowest BCUT2D eigenvalue weighted by atomic mass is 10.1. The van der Waals surface area contributed by atoms with Crippen LogP contribution in [0.3, 0.4) is 0 Å². The summed E-state index contributed by atoms with van der Waals surface area (Å²) >= 11 is 5.65. The molecule has 0 radical (unpaired) electrons. The number of hydrogen-bond acceptors (Lipinski definition) is 4. The van der Waals surface area contributed by atoms with Crippen LogP contribution in [0.25, 0.3) is 0 Å². The molecule has 0 aliphatic heterocycles. The predicted octanol–water partition coefficient (Wildman–Crippen LogP) is 4.21. The summed E-state index contributed by atoms with van der Waals surface area (Å²) < 4.78 is 79.0. The predicted molar refractivity (Wildman–Crippen MR) is 128 cm³/mol. The minimum absolute atomic E-state index is 0.164. The van der Waals surface area contributed by atoms with Crippen LogP contribution in [0.2, 0.25) is 5.02 Å². The number of rotatable bonds is 10. The highest BCUT2D eigenvalue weighted by atomic mass is 35.5. The van der Waals surface area contributed by atoms with Gasteiger partial charge >= 0.3 is 6.18 Å². The van der Waals surface area contributed by atoms with Crippen LogP contribution in [0.15, 0.2) is 42.5 Å². The Balaban J connectivity index is 2.51. The molecule has 7 nitrogen and oxygen atoms in total. The Morgan fingerprint density at radius 3 is 2.19 bits per heavy atom. The van der Waals surface area contributed by atoms with Gasteiger partial charge in [0.05, 0.1) is 22.5 Å². The van der Waals surface area contributed by atoms with Crippen LogP contribution >= 0.6 is 11.6 Å². The number of benzene rings is 2. The van der Waals surface area contributed by atoms with E-state index >= 15 is 0 Å². The fourth-order valence-electron chi connectivity index (χ4n) is 3.50. The number of alkyl halides is 3. The lowest BCUT2D eigenvalue weighted by Gasteiger charge is -2.33. The normalized spacial score (nSPS) is 12.7. The van der Waals surface area contributed by atoms with E-state index in [4.69, 9.17) is 11.6 Å². The van der Waals surface area contributed by atoms with E-state index in [2.05, 4.69) is 5.32 Å². The Kier molecular flexibility index (Phi) is 9.72. The third-order valence-electron chi connectivity index (χ3n) is 5.23. The molecule has 0 fully saturated rings. The zero-order valence-electron chi connectivity index (χ0n) is 19.8. The molecule has 13 heteroatoms. The molecule has 0 bridgehead atoms. The number of carbonyl (C=O) groups is 2. The fourth-order valence-corrected chi connectivity index (χ4v) is 4.56. The van der Waals surface area contributed by atoms with Crippen molar-refractivity contribution in [1.82, 2.24) is 10.2 Å². The average molecular weight is 552 g/mol. The number of anilines is 1. The molecule has 1 unspecified atom stereocenters. The number of nitrogens with zero attached hydrogens (tertiary/aromatic N) is 2. The average Bonchev–Trinajstić information content (AvgIpc) is 2.77. The minimum Gasteiger partial charge on any atom is -0.355 e. The molecular weight excluding hydrogens is 526 g/mol. The zero-order valence-corrected chi connectivity index (χ0v) is 21.3. The molecule has 1 N–H and O–H groups in total. The second-order valence-corrected chi connectivity index (χ2v) is 10.2. The molecule has 2 amide bonds. The molecule has 0 saturated heterocycles. The first-order valence-electron chi connectivity index (χ1n) is 10.8. The van der Waals surface area contributed by atoms with Crippen molar-refractivity contribution < 1.29 is 35.6 Å². The first kappa shape index (κ1) is 29.4. The van der Waals surface area contributed by atoms with Crippen molar-refractivity contribution in [1.29, 1.82) is 0 Å². The minimum atomic E-state index is -4.86. The van der Waals surface area contributed by atoms with E-state index < -0.39 is 62.7 Å². The topological polar surface area (TPSA) is 86.8 Å². The van der Waals surface area contributed by atoms with Crippen molar-refractivity contribution in [2.75, 3.05) is 23.7 Å². The number of hydrogen-bond donors (Lipinski definition) is 1. The molecule has 198 valence electrons. The number of sulfonamides is 1. The molecular formula is C23H26ClF4N3O4S. The molecule has 0 aliphatic carbocycles.